The third kappa shape index (κ3) is 17.3. The van der Waals surface area contributed by atoms with Crippen molar-refractivity contribution < 1.29 is 56.9 Å². The first kappa shape index (κ1) is 57.8. The van der Waals surface area contributed by atoms with Gasteiger partial charge in [0.05, 0.1) is 66.1 Å². The minimum Gasteiger partial charge on any atom is -0.417 e. The van der Waals surface area contributed by atoms with E-state index in [0.29, 0.717) is 13.2 Å². The van der Waals surface area contributed by atoms with Gasteiger partial charge in [0.25, 0.3) is 0 Å². The third-order valence-corrected chi connectivity index (χ3v) is 14.2. The molecule has 10 rings (SSSR count). The quantitative estimate of drug-likeness (QED) is 0.0501. The number of amides is 1. The van der Waals surface area contributed by atoms with E-state index in [1.807, 2.05) is 243 Å². The van der Waals surface area contributed by atoms with E-state index < -0.39 is 67.4 Å². The number of hydrogen-bond acceptors (Lipinski definition) is 12. The molecule has 82 heavy (non-hydrogen) atoms. The van der Waals surface area contributed by atoms with Crippen LogP contribution < -0.4 is 5.32 Å². The molecule has 1 amide bonds. The first-order chi connectivity index (χ1) is 40.6. The lowest BCUT2D eigenvalue weighted by molar-refractivity contribution is -0.317. The molecule has 2 heterocycles. The van der Waals surface area contributed by atoms with Gasteiger partial charge in [-0.1, -0.05) is 243 Å². The van der Waals surface area contributed by atoms with E-state index in [1.165, 1.54) is 0 Å². The number of carbonyl (C=O) groups excluding carboxylic acids is 1. The van der Waals surface area contributed by atoms with Gasteiger partial charge in [0, 0.05) is 0 Å². The van der Waals surface area contributed by atoms with Crippen LogP contribution >= 0.6 is 0 Å². The van der Waals surface area contributed by atoms with Crippen molar-refractivity contribution in [2.75, 3.05) is 13.2 Å². The summed E-state index contributed by atoms with van der Waals surface area (Å²) >= 11 is 0. The molecule has 1 unspecified atom stereocenters. The SMILES string of the molecule is O=C(N[C@H]1O[C@H](COCc2ccccc2)[C@@H](OCc2ccccc2)[C@H](OCc2ccccc2)[C@H]1OCc1ccccc1)OC1O[C@H](COCc2ccccc2)[C@@H](OCc2ccccc2)[C@H](OCc2ccccc2)[C@H]1OCc1ccccc1. The molecule has 13 heteroatoms. The first-order valence-electron chi connectivity index (χ1n) is 28.0. The van der Waals surface area contributed by atoms with Gasteiger partial charge in [-0.05, 0) is 44.5 Å². The average molecular weight is 1110 g/mol. The predicted molar refractivity (Wildman–Crippen MR) is 309 cm³/mol. The fourth-order valence-corrected chi connectivity index (χ4v) is 10.0. The Morgan fingerprint density at radius 1 is 0.305 bits per heavy atom. The molecular weight excluding hydrogens is 1030 g/mol. The Morgan fingerprint density at radius 3 is 0.890 bits per heavy atom. The Hall–Kier alpha value is -7.37. The molecule has 0 bridgehead atoms. The number of hydrogen-bond donors (Lipinski definition) is 1. The van der Waals surface area contributed by atoms with Gasteiger partial charge in [-0.3, -0.25) is 5.32 Å². The highest BCUT2D eigenvalue weighted by molar-refractivity contribution is 5.67. The van der Waals surface area contributed by atoms with Crippen LogP contribution in [0.2, 0.25) is 0 Å². The lowest BCUT2D eigenvalue weighted by Gasteiger charge is -2.47. The molecule has 0 aliphatic carbocycles. The van der Waals surface area contributed by atoms with Crippen LogP contribution in [0.1, 0.15) is 44.5 Å². The fourth-order valence-electron chi connectivity index (χ4n) is 10.0. The van der Waals surface area contributed by atoms with Gasteiger partial charge < -0.3 is 52.1 Å². The Morgan fingerprint density at radius 2 is 0.561 bits per heavy atom. The highest BCUT2D eigenvalue weighted by Gasteiger charge is 2.52. The number of nitrogens with one attached hydrogen (secondary N) is 1. The smallest absolute Gasteiger partial charge is 0.411 e. The van der Waals surface area contributed by atoms with Crippen LogP contribution in [0.25, 0.3) is 0 Å². The first-order valence-corrected chi connectivity index (χ1v) is 28.0. The molecule has 0 saturated carbocycles. The van der Waals surface area contributed by atoms with E-state index in [-0.39, 0.29) is 52.9 Å². The highest BCUT2D eigenvalue weighted by atomic mass is 16.7. The summed E-state index contributed by atoms with van der Waals surface area (Å²) in [7, 11) is 0. The van der Waals surface area contributed by atoms with E-state index in [4.69, 9.17) is 52.1 Å². The second-order valence-electron chi connectivity index (χ2n) is 20.3. The topological polar surface area (TPSA) is 131 Å². The molecule has 2 aliphatic rings. The Labute approximate surface area is 480 Å². The lowest BCUT2D eigenvalue weighted by atomic mass is 9.96. The molecule has 13 nitrogen and oxygen atoms in total. The molecule has 10 atom stereocenters. The monoisotopic (exact) mass is 1110 g/mol. The summed E-state index contributed by atoms with van der Waals surface area (Å²) in [6.07, 6.45) is -10.2. The van der Waals surface area contributed by atoms with Crippen LogP contribution in [0.4, 0.5) is 4.79 Å². The van der Waals surface area contributed by atoms with Crippen LogP contribution in [-0.4, -0.2) is 80.7 Å². The maximum atomic E-state index is 15.2. The number of alkyl carbamates (subject to hydrolysis) is 1. The molecule has 2 fully saturated rings. The van der Waals surface area contributed by atoms with Gasteiger partial charge in [0.2, 0.25) is 6.29 Å². The standard InChI is InChI=1S/C69H71NO12/c71-69(70-67-65(78-47-57-37-21-7-22-38-57)63(76-45-55-33-17-5-18-34-55)61(74-43-53-29-13-3-14-30-53)59(80-67)49-72-41-51-25-9-1-10-26-51)82-68-66(79-48-58-39-23-8-24-40-58)64(77-46-56-35-19-6-20-36-56)62(75-44-54-31-15-4-16-32-54)60(81-68)50-73-42-52-27-11-2-12-28-52/h1-40,59-68H,41-50H2,(H,70,71)/t59-,60-,61-,62-,63+,64+,65-,66-,67+,68?/m1/s1. The summed E-state index contributed by atoms with van der Waals surface area (Å²) in [6.45, 7) is 1.91. The van der Waals surface area contributed by atoms with Gasteiger partial charge in [-0.25, -0.2) is 4.79 Å². The molecule has 424 valence electrons. The summed E-state index contributed by atoms with van der Waals surface area (Å²) < 4.78 is 74.9. The minimum absolute atomic E-state index is 0.0586. The van der Waals surface area contributed by atoms with E-state index in [0.717, 1.165) is 44.5 Å². The molecule has 0 radical (unpaired) electrons. The van der Waals surface area contributed by atoms with Crippen molar-refractivity contribution >= 4 is 6.09 Å². The number of benzene rings is 8. The highest BCUT2D eigenvalue weighted by Crippen LogP contribution is 2.34. The second-order valence-corrected chi connectivity index (χ2v) is 20.3. The number of ether oxygens (including phenoxy) is 11. The van der Waals surface area contributed by atoms with E-state index in [2.05, 4.69) is 5.32 Å². The van der Waals surface area contributed by atoms with Crippen molar-refractivity contribution in [3.05, 3.63) is 287 Å². The molecule has 8 aromatic carbocycles. The summed E-state index contributed by atoms with van der Waals surface area (Å²) in [5.74, 6) is 0. The van der Waals surface area contributed by atoms with Gasteiger partial charge in [-0.2, -0.15) is 0 Å². The van der Waals surface area contributed by atoms with Gasteiger partial charge in [0.15, 0.2) is 6.23 Å². The molecule has 0 aromatic heterocycles. The Kier molecular flexibility index (Phi) is 22.0. The summed E-state index contributed by atoms with van der Waals surface area (Å²) in [4.78, 5) is 15.2. The molecule has 8 aromatic rings. The lowest BCUT2D eigenvalue weighted by Crippen LogP contribution is -2.66. The number of rotatable bonds is 28. The van der Waals surface area contributed by atoms with E-state index in [1.54, 1.807) is 0 Å². The van der Waals surface area contributed by atoms with Crippen LogP contribution in [-0.2, 0) is 105 Å². The van der Waals surface area contributed by atoms with Crippen molar-refractivity contribution in [2.24, 2.45) is 0 Å². The van der Waals surface area contributed by atoms with Crippen LogP contribution in [0.3, 0.4) is 0 Å². The van der Waals surface area contributed by atoms with Crippen LogP contribution in [0, 0.1) is 0 Å². The zero-order chi connectivity index (χ0) is 55.8. The van der Waals surface area contributed by atoms with E-state index >= 15 is 4.79 Å². The minimum atomic E-state index is -1.37. The largest absolute Gasteiger partial charge is 0.417 e. The predicted octanol–water partition coefficient (Wildman–Crippen LogP) is 12.1. The van der Waals surface area contributed by atoms with Crippen molar-refractivity contribution in [1.29, 1.82) is 0 Å². The van der Waals surface area contributed by atoms with Crippen molar-refractivity contribution in [3.8, 4) is 0 Å². The van der Waals surface area contributed by atoms with Crippen LogP contribution in [0.15, 0.2) is 243 Å². The molecule has 2 aliphatic heterocycles. The zero-order valence-corrected chi connectivity index (χ0v) is 45.8. The van der Waals surface area contributed by atoms with Gasteiger partial charge >= 0.3 is 6.09 Å². The van der Waals surface area contributed by atoms with E-state index in [9.17, 15) is 0 Å². The normalized spacial score (nSPS) is 22.5. The maximum Gasteiger partial charge on any atom is 0.411 e. The van der Waals surface area contributed by atoms with Crippen LogP contribution in [0.5, 0.6) is 0 Å². The second kappa shape index (κ2) is 31.2. The van der Waals surface area contributed by atoms with Gasteiger partial charge in [-0.15, -0.1) is 0 Å². The van der Waals surface area contributed by atoms with Crippen molar-refractivity contribution in [3.63, 3.8) is 0 Å². The molecule has 0 spiro atoms. The summed E-state index contributed by atoms with van der Waals surface area (Å²) in [5.41, 5.74) is 7.53. The maximum absolute atomic E-state index is 15.2. The van der Waals surface area contributed by atoms with Crippen molar-refractivity contribution in [2.45, 2.75) is 114 Å². The third-order valence-electron chi connectivity index (χ3n) is 14.2. The summed E-state index contributed by atoms with van der Waals surface area (Å²) in [5, 5.41) is 3.08. The fraction of sp³-hybridized carbons (Fsp3) is 0.290. The Bertz CT molecular complexity index is 2820. The zero-order valence-electron chi connectivity index (χ0n) is 45.8. The molecule has 2 saturated heterocycles. The Balaban J connectivity index is 0.984. The molecular formula is C69H71NO12. The average Bonchev–Trinajstić information content (AvgIpc) is 3.55. The number of carbonyl (C=O) groups is 1. The molecule has 1 N–H and O–H groups in total. The summed E-state index contributed by atoms with van der Waals surface area (Å²) in [6, 6.07) is 79.0. The van der Waals surface area contributed by atoms with Gasteiger partial charge in [0.1, 0.15) is 48.8 Å². The van der Waals surface area contributed by atoms with Crippen molar-refractivity contribution in [1.82, 2.24) is 5.32 Å².